The third kappa shape index (κ3) is 2.45. The molecule has 0 spiro atoms. The second-order valence-corrected chi connectivity index (χ2v) is 7.78. The molecule has 2 aromatic rings. The highest BCUT2D eigenvalue weighted by molar-refractivity contribution is 6.00. The monoisotopic (exact) mass is 335 g/mol. The Kier molecular flexibility index (Phi) is 3.48. The third-order valence-electron chi connectivity index (χ3n) is 5.29. The number of carbonyl (C=O) groups is 1. The van der Waals surface area contributed by atoms with Gasteiger partial charge in [0.1, 0.15) is 11.7 Å². The van der Waals surface area contributed by atoms with Crippen molar-refractivity contribution in [2.24, 2.45) is 17.1 Å². The first-order valence-electron chi connectivity index (χ1n) is 8.55. The zero-order valence-electron chi connectivity index (χ0n) is 14.4. The Hall–Kier alpha value is -2.58. The number of nitriles is 1. The van der Waals surface area contributed by atoms with Crippen LogP contribution in [0.15, 0.2) is 41.8 Å². The number of hydrogen-bond acceptors (Lipinski definition) is 4. The topological polar surface area (TPSA) is 91.9 Å². The first-order valence-corrected chi connectivity index (χ1v) is 8.55. The number of ether oxygens (including phenoxy) is 1. The van der Waals surface area contributed by atoms with Crippen molar-refractivity contribution >= 4 is 16.7 Å². The molecule has 0 saturated heterocycles. The van der Waals surface area contributed by atoms with Crippen LogP contribution in [-0.2, 0) is 9.53 Å². The van der Waals surface area contributed by atoms with E-state index in [9.17, 15) is 10.1 Å². The number of rotatable bonds is 1. The molecular weight excluding hydrogens is 314 g/mol. The summed E-state index contributed by atoms with van der Waals surface area (Å²) in [5.74, 6) is -0.226. The fourth-order valence-corrected chi connectivity index (χ4v) is 4.18. The number of aromatic nitrogens is 1. The van der Waals surface area contributed by atoms with E-state index in [4.69, 9.17) is 10.5 Å². The van der Waals surface area contributed by atoms with Crippen LogP contribution in [-0.4, -0.2) is 17.0 Å². The number of allylic oxidation sites excluding steroid dienone is 2. The van der Waals surface area contributed by atoms with Gasteiger partial charge in [-0.05, 0) is 17.0 Å². The Morgan fingerprint density at radius 2 is 2.08 bits per heavy atom. The van der Waals surface area contributed by atoms with Gasteiger partial charge in [-0.15, -0.1) is 0 Å². The van der Waals surface area contributed by atoms with E-state index in [0.717, 1.165) is 16.5 Å². The molecule has 128 valence electrons. The largest absolute Gasteiger partial charge is 0.478 e. The smallest absolute Gasteiger partial charge is 0.164 e. The van der Waals surface area contributed by atoms with Crippen LogP contribution in [0, 0.1) is 22.7 Å². The SMILES string of the molecule is CC1(C)CC(=O)C2=C(C1)O[C@H](N)[C@H](C#N)[C@H]2c1c[nH]c2ccccc12. The molecule has 25 heavy (non-hydrogen) atoms. The van der Waals surface area contributed by atoms with Crippen molar-refractivity contribution in [3.63, 3.8) is 0 Å². The van der Waals surface area contributed by atoms with Gasteiger partial charge in [-0.2, -0.15) is 5.26 Å². The van der Waals surface area contributed by atoms with E-state index in [0.29, 0.717) is 24.2 Å². The first kappa shape index (κ1) is 15.9. The quantitative estimate of drug-likeness (QED) is 0.836. The molecule has 5 nitrogen and oxygen atoms in total. The van der Waals surface area contributed by atoms with E-state index in [1.165, 1.54) is 0 Å². The average Bonchev–Trinajstić information content (AvgIpc) is 2.96. The van der Waals surface area contributed by atoms with Crippen molar-refractivity contribution in [2.45, 2.75) is 38.8 Å². The van der Waals surface area contributed by atoms with E-state index >= 15 is 0 Å². The number of nitrogens with one attached hydrogen (secondary N) is 1. The lowest BCUT2D eigenvalue weighted by Gasteiger charge is -2.41. The molecule has 0 unspecified atom stereocenters. The minimum atomic E-state index is -0.732. The van der Waals surface area contributed by atoms with Crippen molar-refractivity contribution in [2.75, 3.05) is 0 Å². The molecule has 2 heterocycles. The normalized spacial score (nSPS) is 28.4. The van der Waals surface area contributed by atoms with Gasteiger partial charge in [0.25, 0.3) is 0 Å². The van der Waals surface area contributed by atoms with Crippen molar-refractivity contribution in [1.82, 2.24) is 4.98 Å². The van der Waals surface area contributed by atoms with Gasteiger partial charge >= 0.3 is 0 Å². The number of aromatic amines is 1. The number of ketones is 1. The van der Waals surface area contributed by atoms with Gasteiger partial charge in [-0.3, -0.25) is 10.5 Å². The lowest BCUT2D eigenvalue weighted by atomic mass is 9.68. The van der Waals surface area contributed by atoms with Crippen LogP contribution in [0.1, 0.15) is 38.2 Å². The lowest BCUT2D eigenvalue weighted by Crippen LogP contribution is -2.44. The number of para-hydroxylation sites is 1. The summed E-state index contributed by atoms with van der Waals surface area (Å²) in [5.41, 5.74) is 8.59. The summed E-state index contributed by atoms with van der Waals surface area (Å²) in [4.78, 5) is 16.2. The summed E-state index contributed by atoms with van der Waals surface area (Å²) in [6.45, 7) is 4.11. The molecular formula is C20H21N3O2. The van der Waals surface area contributed by atoms with Gasteiger partial charge in [0.15, 0.2) is 12.0 Å². The zero-order valence-corrected chi connectivity index (χ0v) is 14.4. The molecule has 1 aliphatic carbocycles. The molecule has 3 N–H and O–H groups in total. The van der Waals surface area contributed by atoms with E-state index < -0.39 is 12.1 Å². The van der Waals surface area contributed by atoms with Gasteiger partial charge in [0.2, 0.25) is 0 Å². The predicted octanol–water partition coefficient (Wildman–Crippen LogP) is 3.35. The van der Waals surface area contributed by atoms with Crippen LogP contribution in [0.2, 0.25) is 0 Å². The Morgan fingerprint density at radius 1 is 1.32 bits per heavy atom. The molecule has 0 bridgehead atoms. The molecule has 3 atom stereocenters. The van der Waals surface area contributed by atoms with Crippen molar-refractivity contribution < 1.29 is 9.53 Å². The number of hydrogen-bond donors (Lipinski definition) is 2. The molecule has 0 saturated carbocycles. The lowest BCUT2D eigenvalue weighted by molar-refractivity contribution is -0.120. The number of Topliss-reactive ketones (excluding diaryl/α,β-unsaturated/α-hetero) is 1. The minimum Gasteiger partial charge on any atom is -0.478 e. The Bertz CT molecular complexity index is 932. The van der Waals surface area contributed by atoms with Gasteiger partial charge in [0.05, 0.1) is 6.07 Å². The number of nitrogens with two attached hydrogens (primary N) is 1. The zero-order chi connectivity index (χ0) is 17.8. The summed E-state index contributed by atoms with van der Waals surface area (Å²) in [6, 6.07) is 10.2. The average molecular weight is 335 g/mol. The molecule has 5 heteroatoms. The van der Waals surface area contributed by atoms with Crippen LogP contribution in [0.3, 0.4) is 0 Å². The molecule has 0 fully saturated rings. The predicted molar refractivity (Wildman–Crippen MR) is 94.3 cm³/mol. The van der Waals surface area contributed by atoms with Gasteiger partial charge in [-0.1, -0.05) is 32.0 Å². The number of carbonyl (C=O) groups excluding carboxylic acids is 1. The van der Waals surface area contributed by atoms with Gasteiger partial charge < -0.3 is 9.72 Å². The molecule has 0 radical (unpaired) electrons. The highest BCUT2D eigenvalue weighted by Crippen LogP contribution is 2.49. The second kappa shape index (κ2) is 5.47. The van der Waals surface area contributed by atoms with E-state index in [1.807, 2.05) is 30.5 Å². The van der Waals surface area contributed by atoms with Crippen LogP contribution in [0.25, 0.3) is 10.9 Å². The maximum Gasteiger partial charge on any atom is 0.164 e. The number of benzene rings is 1. The summed E-state index contributed by atoms with van der Waals surface area (Å²) in [5, 5.41) is 10.7. The maximum atomic E-state index is 13.0. The number of H-pyrrole nitrogens is 1. The van der Waals surface area contributed by atoms with Gasteiger partial charge in [0, 0.05) is 41.4 Å². The van der Waals surface area contributed by atoms with Crippen molar-refractivity contribution in [3.8, 4) is 6.07 Å². The summed E-state index contributed by atoms with van der Waals surface area (Å²) < 4.78 is 5.84. The third-order valence-corrected chi connectivity index (χ3v) is 5.29. The Labute approximate surface area is 146 Å². The molecule has 1 aliphatic heterocycles. The fourth-order valence-electron chi connectivity index (χ4n) is 4.18. The van der Waals surface area contributed by atoms with Crippen molar-refractivity contribution in [3.05, 3.63) is 47.4 Å². The van der Waals surface area contributed by atoms with Crippen LogP contribution < -0.4 is 5.73 Å². The van der Waals surface area contributed by atoms with Crippen molar-refractivity contribution in [1.29, 1.82) is 5.26 Å². The Balaban J connectivity index is 1.93. The standard InChI is InChI=1S/C20H21N3O2/c1-20(2)7-15(24)18-16(8-20)25-19(22)12(9-21)17(18)13-10-23-14-6-4-3-5-11(13)14/h3-6,10,12,17,19,23H,7-8,22H2,1-2H3/t12-,17+,19+/m1/s1. The summed E-state index contributed by atoms with van der Waals surface area (Å²) in [6.07, 6.45) is 2.29. The van der Waals surface area contributed by atoms with Crippen LogP contribution in [0.4, 0.5) is 0 Å². The highest BCUT2D eigenvalue weighted by atomic mass is 16.5. The maximum absolute atomic E-state index is 13.0. The number of fused-ring (bicyclic) bond motifs is 1. The summed E-state index contributed by atoms with van der Waals surface area (Å²) in [7, 11) is 0. The molecule has 4 rings (SSSR count). The van der Waals surface area contributed by atoms with Crippen LogP contribution in [0.5, 0.6) is 0 Å². The highest BCUT2D eigenvalue weighted by Gasteiger charge is 2.47. The second-order valence-electron chi connectivity index (χ2n) is 7.78. The first-order chi connectivity index (χ1) is 11.9. The van der Waals surface area contributed by atoms with Crippen LogP contribution >= 0.6 is 0 Å². The molecule has 1 aromatic carbocycles. The molecule has 1 aromatic heterocycles. The van der Waals surface area contributed by atoms with E-state index in [-0.39, 0.29) is 17.1 Å². The number of nitrogens with zero attached hydrogens (tertiary/aromatic N) is 1. The van der Waals surface area contributed by atoms with E-state index in [1.54, 1.807) is 0 Å². The molecule has 0 amide bonds. The minimum absolute atomic E-state index is 0.0636. The molecule has 2 aliphatic rings. The summed E-state index contributed by atoms with van der Waals surface area (Å²) >= 11 is 0. The van der Waals surface area contributed by atoms with Gasteiger partial charge in [-0.25, -0.2) is 0 Å². The van der Waals surface area contributed by atoms with E-state index in [2.05, 4.69) is 24.9 Å². The Morgan fingerprint density at radius 3 is 2.84 bits per heavy atom. The fraction of sp³-hybridized carbons (Fsp3) is 0.400.